The molecule has 1 saturated heterocycles. The minimum absolute atomic E-state index is 0.0248. The minimum atomic E-state index is -0.494. The third kappa shape index (κ3) is 4.85. The summed E-state index contributed by atoms with van der Waals surface area (Å²) in [5.41, 5.74) is 2.56. The van der Waals surface area contributed by atoms with Crippen molar-refractivity contribution in [3.05, 3.63) is 90.0 Å². The van der Waals surface area contributed by atoms with Gasteiger partial charge in [0.05, 0.1) is 26.2 Å². The van der Waals surface area contributed by atoms with Gasteiger partial charge in [-0.3, -0.25) is 9.59 Å². The number of benzene rings is 3. The van der Waals surface area contributed by atoms with Gasteiger partial charge in [0, 0.05) is 24.2 Å². The summed E-state index contributed by atoms with van der Waals surface area (Å²) in [5, 5.41) is 3.07. The second-order valence-corrected chi connectivity index (χ2v) is 8.00. The summed E-state index contributed by atoms with van der Waals surface area (Å²) in [5.74, 6) is 0.819. The standard InChI is InChI=1S/C27H28N2O4/c1-32-21-14-12-20(13-15-21)29-25(30)17-16-23(26(29)22-10-6-7-11-24(22)33-2)27(31)28-18-19-8-4-3-5-9-19/h3-15,23,26H,16-18H2,1-2H3,(H,28,31). The molecule has 0 radical (unpaired) electrons. The van der Waals surface area contributed by atoms with Crippen LogP contribution in [-0.2, 0) is 16.1 Å². The summed E-state index contributed by atoms with van der Waals surface area (Å²) in [6, 6.07) is 24.2. The van der Waals surface area contributed by atoms with Gasteiger partial charge in [0.2, 0.25) is 11.8 Å². The Morgan fingerprint density at radius 3 is 2.33 bits per heavy atom. The zero-order chi connectivity index (χ0) is 23.2. The summed E-state index contributed by atoms with van der Waals surface area (Å²) in [6.07, 6.45) is 0.760. The fraction of sp³-hybridized carbons (Fsp3) is 0.259. The molecule has 3 aromatic rings. The van der Waals surface area contributed by atoms with E-state index in [1.807, 2.05) is 78.9 Å². The van der Waals surface area contributed by atoms with Crippen LogP contribution in [0.1, 0.15) is 30.0 Å². The molecule has 33 heavy (non-hydrogen) atoms. The van der Waals surface area contributed by atoms with Crippen LogP contribution in [-0.4, -0.2) is 26.0 Å². The lowest BCUT2D eigenvalue weighted by molar-refractivity contribution is -0.129. The Hall–Kier alpha value is -3.80. The number of methoxy groups -OCH3 is 2. The average molecular weight is 445 g/mol. The van der Waals surface area contributed by atoms with E-state index >= 15 is 0 Å². The van der Waals surface area contributed by atoms with Crippen molar-refractivity contribution in [3.8, 4) is 11.5 Å². The molecule has 0 spiro atoms. The van der Waals surface area contributed by atoms with Crippen molar-refractivity contribution in [1.29, 1.82) is 0 Å². The van der Waals surface area contributed by atoms with Crippen molar-refractivity contribution >= 4 is 17.5 Å². The van der Waals surface area contributed by atoms with Crippen LogP contribution in [0.3, 0.4) is 0 Å². The molecule has 0 aromatic heterocycles. The van der Waals surface area contributed by atoms with E-state index in [1.165, 1.54) is 0 Å². The number of carbonyl (C=O) groups is 2. The van der Waals surface area contributed by atoms with Gasteiger partial charge in [-0.15, -0.1) is 0 Å². The van der Waals surface area contributed by atoms with Crippen molar-refractivity contribution in [3.63, 3.8) is 0 Å². The molecule has 170 valence electrons. The van der Waals surface area contributed by atoms with E-state index in [1.54, 1.807) is 19.1 Å². The predicted octanol–water partition coefficient (Wildman–Crippen LogP) is 4.50. The van der Waals surface area contributed by atoms with Crippen LogP contribution in [0.25, 0.3) is 0 Å². The molecule has 2 unspecified atom stereocenters. The van der Waals surface area contributed by atoms with E-state index in [0.29, 0.717) is 30.9 Å². The molecule has 2 atom stereocenters. The second-order valence-electron chi connectivity index (χ2n) is 8.00. The highest BCUT2D eigenvalue weighted by Gasteiger charge is 2.42. The van der Waals surface area contributed by atoms with Gasteiger partial charge in [0.1, 0.15) is 11.5 Å². The van der Waals surface area contributed by atoms with Crippen LogP contribution in [0.4, 0.5) is 5.69 Å². The summed E-state index contributed by atoms with van der Waals surface area (Å²) in [4.78, 5) is 28.4. The molecule has 0 aliphatic carbocycles. The lowest BCUT2D eigenvalue weighted by atomic mass is 9.82. The van der Waals surface area contributed by atoms with Gasteiger partial charge in [0.15, 0.2) is 0 Å². The maximum absolute atomic E-state index is 13.4. The van der Waals surface area contributed by atoms with E-state index in [2.05, 4.69) is 5.32 Å². The number of nitrogens with one attached hydrogen (secondary N) is 1. The number of rotatable bonds is 7. The van der Waals surface area contributed by atoms with Gasteiger partial charge in [-0.25, -0.2) is 0 Å². The number of ether oxygens (including phenoxy) is 2. The van der Waals surface area contributed by atoms with Crippen LogP contribution in [0.5, 0.6) is 11.5 Å². The quantitative estimate of drug-likeness (QED) is 0.583. The van der Waals surface area contributed by atoms with Gasteiger partial charge in [-0.1, -0.05) is 48.5 Å². The number of piperidine rings is 1. The Kier molecular flexibility index (Phi) is 6.93. The second kappa shape index (κ2) is 10.2. The smallest absolute Gasteiger partial charge is 0.227 e. The summed E-state index contributed by atoms with van der Waals surface area (Å²) < 4.78 is 10.9. The van der Waals surface area contributed by atoms with Crippen LogP contribution in [0.15, 0.2) is 78.9 Å². The lowest BCUT2D eigenvalue weighted by Gasteiger charge is -2.41. The van der Waals surface area contributed by atoms with E-state index in [-0.39, 0.29) is 11.8 Å². The Labute approximate surface area is 194 Å². The van der Waals surface area contributed by atoms with Gasteiger partial charge < -0.3 is 19.7 Å². The number of anilines is 1. The van der Waals surface area contributed by atoms with Crippen LogP contribution in [0.2, 0.25) is 0 Å². The fourth-order valence-electron chi connectivity index (χ4n) is 4.40. The molecule has 0 bridgehead atoms. The van der Waals surface area contributed by atoms with E-state index < -0.39 is 12.0 Å². The molecule has 2 amide bonds. The number of nitrogens with zero attached hydrogens (tertiary/aromatic N) is 1. The van der Waals surface area contributed by atoms with Crippen molar-refractivity contribution in [2.75, 3.05) is 19.1 Å². The first kappa shape index (κ1) is 22.4. The fourth-order valence-corrected chi connectivity index (χ4v) is 4.40. The maximum Gasteiger partial charge on any atom is 0.227 e. The monoisotopic (exact) mass is 444 g/mol. The minimum Gasteiger partial charge on any atom is -0.497 e. The topological polar surface area (TPSA) is 67.9 Å². The molecule has 1 heterocycles. The molecular formula is C27H28N2O4. The Morgan fingerprint density at radius 1 is 0.939 bits per heavy atom. The van der Waals surface area contributed by atoms with E-state index in [0.717, 1.165) is 16.8 Å². The third-order valence-electron chi connectivity index (χ3n) is 6.05. The number of hydrogen-bond acceptors (Lipinski definition) is 4. The molecule has 0 saturated carbocycles. The average Bonchev–Trinajstić information content (AvgIpc) is 2.87. The summed E-state index contributed by atoms with van der Waals surface area (Å²) >= 11 is 0. The molecule has 1 aliphatic rings. The zero-order valence-corrected chi connectivity index (χ0v) is 18.9. The van der Waals surface area contributed by atoms with Crippen molar-refractivity contribution in [1.82, 2.24) is 5.32 Å². The van der Waals surface area contributed by atoms with E-state index in [9.17, 15) is 9.59 Å². The Balaban J connectivity index is 1.71. The first-order chi connectivity index (χ1) is 16.1. The number of hydrogen-bond donors (Lipinski definition) is 1. The van der Waals surface area contributed by atoms with Crippen molar-refractivity contribution in [2.45, 2.75) is 25.4 Å². The first-order valence-corrected chi connectivity index (χ1v) is 11.0. The van der Waals surface area contributed by atoms with E-state index in [4.69, 9.17) is 9.47 Å². The Morgan fingerprint density at radius 2 is 1.64 bits per heavy atom. The van der Waals surface area contributed by atoms with Gasteiger partial charge in [-0.2, -0.15) is 0 Å². The highest BCUT2D eigenvalue weighted by Crippen LogP contribution is 2.43. The molecule has 4 rings (SSSR count). The Bertz CT molecular complexity index is 1100. The van der Waals surface area contributed by atoms with Gasteiger partial charge in [0.25, 0.3) is 0 Å². The predicted molar refractivity (Wildman–Crippen MR) is 127 cm³/mol. The highest BCUT2D eigenvalue weighted by molar-refractivity contribution is 5.97. The van der Waals surface area contributed by atoms with Crippen LogP contribution < -0.4 is 19.7 Å². The number of carbonyl (C=O) groups excluding carboxylic acids is 2. The molecule has 6 heteroatoms. The molecule has 1 fully saturated rings. The van der Waals surface area contributed by atoms with Crippen LogP contribution in [0, 0.1) is 5.92 Å². The van der Waals surface area contributed by atoms with Crippen LogP contribution >= 0.6 is 0 Å². The SMILES string of the molecule is COc1ccc(N2C(=O)CCC(C(=O)NCc3ccccc3)C2c2ccccc2OC)cc1. The molecular weight excluding hydrogens is 416 g/mol. The van der Waals surface area contributed by atoms with Crippen molar-refractivity contribution in [2.24, 2.45) is 5.92 Å². The summed E-state index contributed by atoms with van der Waals surface area (Å²) in [7, 11) is 3.21. The first-order valence-electron chi connectivity index (χ1n) is 11.0. The number of para-hydroxylation sites is 1. The molecule has 3 aromatic carbocycles. The lowest BCUT2D eigenvalue weighted by Crippen LogP contribution is -2.48. The van der Waals surface area contributed by atoms with Crippen molar-refractivity contribution < 1.29 is 19.1 Å². The normalized spacial score (nSPS) is 18.0. The molecule has 1 N–H and O–H groups in total. The zero-order valence-electron chi connectivity index (χ0n) is 18.9. The molecule has 6 nitrogen and oxygen atoms in total. The number of amides is 2. The third-order valence-corrected chi connectivity index (χ3v) is 6.05. The summed E-state index contributed by atoms with van der Waals surface area (Å²) in [6.45, 7) is 0.436. The largest absolute Gasteiger partial charge is 0.497 e. The van der Waals surface area contributed by atoms with Gasteiger partial charge in [-0.05, 0) is 42.3 Å². The molecule has 1 aliphatic heterocycles. The maximum atomic E-state index is 13.4. The van der Waals surface area contributed by atoms with Gasteiger partial charge >= 0.3 is 0 Å². The highest BCUT2D eigenvalue weighted by atomic mass is 16.5.